The number of thioether (sulfide) groups is 3. The van der Waals surface area contributed by atoms with Gasteiger partial charge >= 0.3 is 0 Å². The lowest BCUT2D eigenvalue weighted by atomic mass is 10.2. The van der Waals surface area contributed by atoms with Gasteiger partial charge in [-0.15, -0.1) is 35.3 Å². The number of hydrogen-bond acceptors (Lipinski definition) is 3. The number of fused-ring (bicyclic) bond motifs is 1. The second kappa shape index (κ2) is 4.98. The molecule has 1 aromatic heterocycles. The van der Waals surface area contributed by atoms with Crippen LogP contribution in [0.1, 0.15) is 5.56 Å². The highest BCUT2D eigenvalue weighted by Gasteiger charge is 2.31. The van der Waals surface area contributed by atoms with E-state index in [1.54, 1.807) is 0 Å². The molecule has 16 heavy (non-hydrogen) atoms. The van der Waals surface area contributed by atoms with E-state index in [-0.39, 0.29) is 3.41 Å². The summed E-state index contributed by atoms with van der Waals surface area (Å²) in [6.45, 7) is 0. The normalized spacial score (nSPS) is 12.2. The van der Waals surface area contributed by atoms with Crippen LogP contribution in [0, 0.1) is 0 Å². The molecule has 1 aromatic carbocycles. The van der Waals surface area contributed by atoms with Crippen molar-refractivity contribution in [3.63, 3.8) is 0 Å². The van der Waals surface area contributed by atoms with E-state index in [1.165, 1.54) is 16.5 Å². The smallest absolute Gasteiger partial charge is 0.133 e. The van der Waals surface area contributed by atoms with Crippen molar-refractivity contribution < 1.29 is 0 Å². The summed E-state index contributed by atoms with van der Waals surface area (Å²) in [5.74, 6) is 0. The molecule has 1 N–H and O–H groups in total. The Morgan fingerprint density at radius 2 is 1.62 bits per heavy atom. The third-order valence-electron chi connectivity index (χ3n) is 2.73. The van der Waals surface area contributed by atoms with Gasteiger partial charge in [-0.3, -0.25) is 0 Å². The molecular weight excluding hydrogens is 254 g/mol. The largest absolute Gasteiger partial charge is 0.361 e. The zero-order valence-corrected chi connectivity index (χ0v) is 12.1. The number of hydrogen-bond donors (Lipinski definition) is 1. The molecule has 0 spiro atoms. The minimum atomic E-state index is 0.0968. The molecular formula is C12H15NS3. The minimum absolute atomic E-state index is 0.0968. The van der Waals surface area contributed by atoms with Crippen LogP contribution in [-0.4, -0.2) is 23.8 Å². The summed E-state index contributed by atoms with van der Waals surface area (Å²) >= 11 is 5.69. The minimum Gasteiger partial charge on any atom is -0.361 e. The fourth-order valence-electron chi connectivity index (χ4n) is 1.90. The second-order valence-electron chi connectivity index (χ2n) is 3.42. The highest BCUT2D eigenvalue weighted by molar-refractivity contribution is 8.32. The van der Waals surface area contributed by atoms with Crippen molar-refractivity contribution in [1.29, 1.82) is 0 Å². The molecule has 0 bridgehead atoms. The standard InChI is InChI=1S/C12H15NS3/c1-14-12(15-2,16-3)10-8-13-11-7-5-4-6-9(10)11/h4-8,13H,1-3H3. The molecule has 0 saturated carbocycles. The first-order valence-electron chi connectivity index (χ1n) is 4.99. The highest BCUT2D eigenvalue weighted by Crippen LogP contribution is 2.53. The first-order chi connectivity index (χ1) is 7.77. The predicted octanol–water partition coefficient (Wildman–Crippen LogP) is 4.37. The molecule has 0 saturated heterocycles. The maximum absolute atomic E-state index is 3.36. The summed E-state index contributed by atoms with van der Waals surface area (Å²) in [6.07, 6.45) is 8.67. The monoisotopic (exact) mass is 269 g/mol. The van der Waals surface area contributed by atoms with Crippen LogP contribution in [0.15, 0.2) is 30.5 Å². The number of aromatic nitrogens is 1. The summed E-state index contributed by atoms with van der Waals surface area (Å²) in [6, 6.07) is 8.50. The fourth-order valence-corrected chi connectivity index (χ4v) is 5.07. The van der Waals surface area contributed by atoms with Crippen LogP contribution >= 0.6 is 35.3 Å². The van der Waals surface area contributed by atoms with Crippen molar-refractivity contribution in [2.75, 3.05) is 18.8 Å². The molecule has 0 aliphatic carbocycles. The van der Waals surface area contributed by atoms with Crippen molar-refractivity contribution in [3.8, 4) is 0 Å². The van der Waals surface area contributed by atoms with Gasteiger partial charge in [-0.1, -0.05) is 18.2 Å². The van der Waals surface area contributed by atoms with E-state index in [4.69, 9.17) is 0 Å². The van der Waals surface area contributed by atoms with Gasteiger partial charge in [0.1, 0.15) is 3.41 Å². The Morgan fingerprint density at radius 1 is 1.00 bits per heavy atom. The summed E-state index contributed by atoms with van der Waals surface area (Å²) in [5.41, 5.74) is 2.61. The fraction of sp³-hybridized carbons (Fsp3) is 0.333. The molecule has 0 atom stereocenters. The van der Waals surface area contributed by atoms with Crippen molar-refractivity contribution in [3.05, 3.63) is 36.0 Å². The average molecular weight is 269 g/mol. The summed E-state index contributed by atoms with van der Waals surface area (Å²) in [7, 11) is 0. The molecule has 4 heteroatoms. The quantitative estimate of drug-likeness (QED) is 0.830. The topological polar surface area (TPSA) is 15.8 Å². The van der Waals surface area contributed by atoms with Gasteiger partial charge in [0.05, 0.1) is 0 Å². The number of benzene rings is 1. The van der Waals surface area contributed by atoms with Gasteiger partial charge in [0, 0.05) is 22.7 Å². The third-order valence-corrected chi connectivity index (χ3v) is 8.00. The highest BCUT2D eigenvalue weighted by atomic mass is 32.3. The van der Waals surface area contributed by atoms with Crippen LogP contribution in [0.5, 0.6) is 0 Å². The van der Waals surface area contributed by atoms with Gasteiger partial charge in [0.25, 0.3) is 0 Å². The third kappa shape index (κ3) is 1.87. The van der Waals surface area contributed by atoms with Crippen LogP contribution in [-0.2, 0) is 3.41 Å². The number of aromatic amines is 1. The van der Waals surface area contributed by atoms with E-state index in [0.29, 0.717) is 0 Å². The summed E-state index contributed by atoms with van der Waals surface area (Å²) < 4.78 is 0.0968. The van der Waals surface area contributed by atoms with Gasteiger partial charge in [-0.25, -0.2) is 0 Å². The Balaban J connectivity index is 2.61. The van der Waals surface area contributed by atoms with Gasteiger partial charge in [-0.05, 0) is 24.8 Å². The van der Waals surface area contributed by atoms with Gasteiger partial charge < -0.3 is 4.98 Å². The van der Waals surface area contributed by atoms with Gasteiger partial charge in [0.2, 0.25) is 0 Å². The van der Waals surface area contributed by atoms with Crippen LogP contribution < -0.4 is 0 Å². The van der Waals surface area contributed by atoms with Crippen molar-refractivity contribution in [2.24, 2.45) is 0 Å². The lowest BCUT2D eigenvalue weighted by molar-refractivity contribution is 1.32. The Hall–Kier alpha value is -0.190. The van der Waals surface area contributed by atoms with E-state index >= 15 is 0 Å². The van der Waals surface area contributed by atoms with Gasteiger partial charge in [0.15, 0.2) is 0 Å². The first kappa shape index (κ1) is 12.3. The van der Waals surface area contributed by atoms with E-state index in [9.17, 15) is 0 Å². The predicted molar refractivity (Wildman–Crippen MR) is 80.5 cm³/mol. The molecule has 86 valence electrons. The summed E-state index contributed by atoms with van der Waals surface area (Å²) in [5, 5.41) is 1.33. The SMILES string of the molecule is CSC(SC)(SC)c1c[nH]c2ccccc12. The van der Waals surface area contributed by atoms with Crippen LogP contribution in [0.25, 0.3) is 10.9 Å². The Morgan fingerprint density at radius 3 is 2.25 bits per heavy atom. The van der Waals surface area contributed by atoms with E-state index < -0.39 is 0 Å². The first-order valence-corrected chi connectivity index (χ1v) is 8.67. The molecule has 1 nitrogen and oxygen atoms in total. The van der Waals surface area contributed by atoms with Crippen molar-refractivity contribution >= 4 is 46.2 Å². The van der Waals surface area contributed by atoms with Gasteiger partial charge in [-0.2, -0.15) is 0 Å². The number of nitrogens with one attached hydrogen (secondary N) is 1. The molecule has 1 heterocycles. The van der Waals surface area contributed by atoms with Crippen LogP contribution in [0.4, 0.5) is 0 Å². The molecule has 2 rings (SSSR count). The maximum atomic E-state index is 3.36. The molecule has 0 unspecified atom stereocenters. The molecule has 0 radical (unpaired) electrons. The molecule has 0 aliphatic rings. The van der Waals surface area contributed by atoms with Crippen molar-refractivity contribution in [2.45, 2.75) is 3.41 Å². The Labute approximate surface area is 109 Å². The van der Waals surface area contributed by atoms with Crippen LogP contribution in [0.3, 0.4) is 0 Å². The zero-order valence-electron chi connectivity index (χ0n) is 9.61. The molecule has 0 aliphatic heterocycles. The van der Waals surface area contributed by atoms with E-state index in [1.807, 2.05) is 35.3 Å². The van der Waals surface area contributed by atoms with Crippen molar-refractivity contribution in [1.82, 2.24) is 4.98 Å². The lowest BCUT2D eigenvalue weighted by Crippen LogP contribution is -2.10. The number of rotatable bonds is 4. The lowest BCUT2D eigenvalue weighted by Gasteiger charge is -2.27. The second-order valence-corrected chi connectivity index (χ2v) is 7.25. The maximum Gasteiger partial charge on any atom is 0.133 e. The number of para-hydroxylation sites is 1. The number of H-pyrrole nitrogens is 1. The Kier molecular flexibility index (Phi) is 3.82. The molecule has 0 fully saturated rings. The average Bonchev–Trinajstić information content (AvgIpc) is 2.77. The van der Waals surface area contributed by atoms with Crippen LogP contribution in [0.2, 0.25) is 0 Å². The Bertz CT molecular complexity index is 466. The summed E-state index contributed by atoms with van der Waals surface area (Å²) in [4.78, 5) is 3.36. The van der Waals surface area contributed by atoms with E-state index in [2.05, 4.69) is 54.2 Å². The zero-order chi connectivity index (χ0) is 11.6. The molecule has 2 aromatic rings. The van der Waals surface area contributed by atoms with E-state index in [0.717, 1.165) is 0 Å². The molecule has 0 amide bonds.